The predicted molar refractivity (Wildman–Crippen MR) is 96.8 cm³/mol. The average Bonchev–Trinajstić information content (AvgIpc) is 2.57. The highest BCUT2D eigenvalue weighted by atomic mass is 19.1. The van der Waals surface area contributed by atoms with Crippen LogP contribution in [-0.4, -0.2) is 22.9 Å². The lowest BCUT2D eigenvalue weighted by atomic mass is 9.89. The first-order valence-corrected chi connectivity index (χ1v) is 8.45. The molecule has 0 bridgehead atoms. The zero-order valence-corrected chi connectivity index (χ0v) is 14.9. The molecule has 2 atom stereocenters. The van der Waals surface area contributed by atoms with Crippen molar-refractivity contribution in [3.8, 4) is 0 Å². The summed E-state index contributed by atoms with van der Waals surface area (Å²) in [6, 6.07) is 7.83. The first kappa shape index (κ1) is 18.6. The second-order valence-electron chi connectivity index (χ2n) is 6.74. The van der Waals surface area contributed by atoms with E-state index in [4.69, 9.17) is 0 Å². The Balaban J connectivity index is 1.91. The number of benzene rings is 2. The molecule has 0 saturated carbocycles. The first-order valence-electron chi connectivity index (χ1n) is 8.45. The third kappa shape index (κ3) is 3.97. The van der Waals surface area contributed by atoms with E-state index in [9.17, 15) is 23.9 Å². The highest BCUT2D eigenvalue weighted by Crippen LogP contribution is 2.33. The number of halogens is 1. The van der Waals surface area contributed by atoms with Crippen LogP contribution in [0.2, 0.25) is 0 Å². The van der Waals surface area contributed by atoms with Crippen molar-refractivity contribution < 1.29 is 23.9 Å². The van der Waals surface area contributed by atoms with E-state index in [0.717, 1.165) is 17.2 Å². The van der Waals surface area contributed by atoms with Crippen LogP contribution in [-0.2, 0) is 14.4 Å². The van der Waals surface area contributed by atoms with Crippen molar-refractivity contribution in [1.82, 2.24) is 5.32 Å². The Hall–Kier alpha value is -3.22. The maximum atomic E-state index is 13.4. The molecule has 0 aliphatic carbocycles. The second kappa shape index (κ2) is 7.19. The lowest BCUT2D eigenvalue weighted by Gasteiger charge is -2.26. The van der Waals surface area contributed by atoms with E-state index in [1.54, 1.807) is 12.1 Å². The van der Waals surface area contributed by atoms with E-state index in [-0.39, 0.29) is 12.1 Å². The Kier molecular flexibility index (Phi) is 4.94. The summed E-state index contributed by atoms with van der Waals surface area (Å²) in [5, 5.41) is 14.6. The van der Waals surface area contributed by atoms with Crippen molar-refractivity contribution in [1.29, 1.82) is 0 Å². The summed E-state index contributed by atoms with van der Waals surface area (Å²) < 4.78 is 13.4. The molecule has 1 aliphatic rings. The fourth-order valence-electron chi connectivity index (χ4n) is 3.38. The molecule has 0 spiro atoms. The highest BCUT2D eigenvalue weighted by Gasteiger charge is 2.33. The minimum atomic E-state index is -1.25. The number of carboxylic acid groups (broad SMARTS) is 1. The zero-order chi connectivity index (χ0) is 19.7. The number of hydrogen-bond acceptors (Lipinski definition) is 3. The van der Waals surface area contributed by atoms with Crippen LogP contribution in [0, 0.1) is 19.7 Å². The minimum Gasteiger partial charge on any atom is -0.479 e. The molecule has 3 rings (SSSR count). The molecule has 2 unspecified atom stereocenters. The molecule has 3 N–H and O–H groups in total. The average molecular weight is 370 g/mol. The summed E-state index contributed by atoms with van der Waals surface area (Å²) in [6.45, 7) is 3.68. The van der Waals surface area contributed by atoms with E-state index in [1.807, 2.05) is 19.9 Å². The third-order valence-corrected chi connectivity index (χ3v) is 4.48. The number of carbonyl (C=O) groups is 3. The Morgan fingerprint density at radius 2 is 1.85 bits per heavy atom. The zero-order valence-electron chi connectivity index (χ0n) is 14.9. The quantitative estimate of drug-likeness (QED) is 0.771. The number of rotatable bonds is 4. The summed E-state index contributed by atoms with van der Waals surface area (Å²) >= 11 is 0. The standard InChI is InChI=1S/C20H19FN2O4/c1-10-5-11(2)7-12(6-10)18(20(26)27)23-19(25)15-9-17(24)22-16-8-13(21)3-4-14(15)16/h3-8,15,18H,9H2,1-2H3,(H,22,24)(H,23,25)(H,26,27). The van der Waals surface area contributed by atoms with Gasteiger partial charge in [-0.1, -0.05) is 35.4 Å². The summed E-state index contributed by atoms with van der Waals surface area (Å²) in [6.07, 6.45) is -0.135. The van der Waals surface area contributed by atoms with Crippen molar-refractivity contribution in [3.05, 3.63) is 64.5 Å². The number of aliphatic carboxylic acids is 1. The molecule has 2 aromatic rings. The minimum absolute atomic E-state index is 0.135. The van der Waals surface area contributed by atoms with Crippen molar-refractivity contribution >= 4 is 23.5 Å². The molecule has 0 aromatic heterocycles. The van der Waals surface area contributed by atoms with Gasteiger partial charge in [-0.25, -0.2) is 9.18 Å². The van der Waals surface area contributed by atoms with E-state index >= 15 is 0 Å². The van der Waals surface area contributed by atoms with Crippen molar-refractivity contribution in [3.63, 3.8) is 0 Å². The Morgan fingerprint density at radius 1 is 1.19 bits per heavy atom. The van der Waals surface area contributed by atoms with E-state index in [1.165, 1.54) is 12.1 Å². The topological polar surface area (TPSA) is 95.5 Å². The van der Waals surface area contributed by atoms with E-state index < -0.39 is 35.6 Å². The fraction of sp³-hybridized carbons (Fsp3) is 0.250. The molecule has 0 saturated heterocycles. The van der Waals surface area contributed by atoms with Crippen LogP contribution in [0.3, 0.4) is 0 Å². The largest absolute Gasteiger partial charge is 0.479 e. The van der Waals surface area contributed by atoms with Gasteiger partial charge in [-0.05, 0) is 37.1 Å². The van der Waals surface area contributed by atoms with Gasteiger partial charge in [0.1, 0.15) is 5.82 Å². The number of carbonyl (C=O) groups excluding carboxylic acids is 2. The van der Waals surface area contributed by atoms with Crippen molar-refractivity contribution in [2.45, 2.75) is 32.2 Å². The monoisotopic (exact) mass is 370 g/mol. The molecular weight excluding hydrogens is 351 g/mol. The van der Waals surface area contributed by atoms with Crippen LogP contribution >= 0.6 is 0 Å². The van der Waals surface area contributed by atoms with Crippen LogP contribution in [0.4, 0.5) is 10.1 Å². The Bertz CT molecular complexity index is 921. The molecule has 2 aromatic carbocycles. The number of hydrogen-bond donors (Lipinski definition) is 3. The molecule has 7 heteroatoms. The maximum absolute atomic E-state index is 13.4. The molecule has 2 amide bonds. The van der Waals surface area contributed by atoms with Crippen LogP contribution in [0.15, 0.2) is 36.4 Å². The SMILES string of the molecule is Cc1cc(C)cc(C(NC(=O)C2CC(=O)Nc3cc(F)ccc32)C(=O)O)c1. The molecule has 1 heterocycles. The van der Waals surface area contributed by atoms with Gasteiger partial charge in [0.25, 0.3) is 0 Å². The lowest BCUT2D eigenvalue weighted by molar-refractivity contribution is -0.142. The van der Waals surface area contributed by atoms with Crippen LogP contribution in [0.25, 0.3) is 0 Å². The maximum Gasteiger partial charge on any atom is 0.330 e. The summed E-state index contributed by atoms with van der Waals surface area (Å²) in [5.41, 5.74) is 2.89. The Labute approximate surface area is 155 Å². The molecule has 27 heavy (non-hydrogen) atoms. The molecule has 1 aliphatic heterocycles. The van der Waals surface area contributed by atoms with Gasteiger partial charge >= 0.3 is 5.97 Å². The summed E-state index contributed by atoms with van der Waals surface area (Å²) in [7, 11) is 0. The van der Waals surface area contributed by atoms with Gasteiger partial charge in [-0.3, -0.25) is 9.59 Å². The second-order valence-corrected chi connectivity index (χ2v) is 6.74. The van der Waals surface area contributed by atoms with Gasteiger partial charge in [0.2, 0.25) is 11.8 Å². The molecule has 140 valence electrons. The highest BCUT2D eigenvalue weighted by molar-refractivity contribution is 6.01. The summed E-state index contributed by atoms with van der Waals surface area (Å²) in [5.74, 6) is -3.64. The normalized spacial score (nSPS) is 16.9. The number of amides is 2. The van der Waals surface area contributed by atoms with E-state index in [2.05, 4.69) is 10.6 Å². The molecule has 0 radical (unpaired) electrons. The lowest BCUT2D eigenvalue weighted by Crippen LogP contribution is -2.39. The van der Waals surface area contributed by atoms with Crippen molar-refractivity contribution in [2.24, 2.45) is 0 Å². The fourth-order valence-corrected chi connectivity index (χ4v) is 3.38. The van der Waals surface area contributed by atoms with E-state index in [0.29, 0.717) is 11.1 Å². The Morgan fingerprint density at radius 3 is 2.48 bits per heavy atom. The van der Waals surface area contributed by atoms with Gasteiger partial charge in [0.15, 0.2) is 6.04 Å². The van der Waals surface area contributed by atoms with Crippen LogP contribution < -0.4 is 10.6 Å². The third-order valence-electron chi connectivity index (χ3n) is 4.48. The number of carboxylic acids is 1. The number of anilines is 1. The van der Waals surface area contributed by atoms with Gasteiger partial charge in [0, 0.05) is 12.1 Å². The van der Waals surface area contributed by atoms with Gasteiger partial charge in [-0.2, -0.15) is 0 Å². The number of aryl methyl sites for hydroxylation is 2. The van der Waals surface area contributed by atoms with Crippen LogP contribution in [0.1, 0.15) is 40.6 Å². The predicted octanol–water partition coefficient (Wildman–Crippen LogP) is 2.81. The van der Waals surface area contributed by atoms with Gasteiger partial charge in [0.05, 0.1) is 5.92 Å². The smallest absolute Gasteiger partial charge is 0.330 e. The number of fused-ring (bicyclic) bond motifs is 1. The molecule has 0 fully saturated rings. The molecular formula is C20H19FN2O4. The summed E-state index contributed by atoms with van der Waals surface area (Å²) in [4.78, 5) is 36.5. The first-order chi connectivity index (χ1) is 12.7. The van der Waals surface area contributed by atoms with Gasteiger partial charge in [-0.15, -0.1) is 0 Å². The number of nitrogens with one attached hydrogen (secondary N) is 2. The van der Waals surface area contributed by atoms with Crippen LogP contribution in [0.5, 0.6) is 0 Å². The van der Waals surface area contributed by atoms with Crippen molar-refractivity contribution in [2.75, 3.05) is 5.32 Å². The molecule has 6 nitrogen and oxygen atoms in total. The van der Waals surface area contributed by atoms with Gasteiger partial charge < -0.3 is 15.7 Å².